The number of anilines is 1. The molecule has 0 unspecified atom stereocenters. The average molecular weight is 601 g/mol. The van der Waals surface area contributed by atoms with Crippen LogP contribution in [0.25, 0.3) is 0 Å². The Morgan fingerprint density at radius 3 is 2.14 bits per heavy atom. The van der Waals surface area contributed by atoms with E-state index in [1.165, 1.54) is 18.3 Å². The molecule has 43 heavy (non-hydrogen) atoms. The van der Waals surface area contributed by atoms with E-state index in [9.17, 15) is 18.0 Å². The van der Waals surface area contributed by atoms with Crippen molar-refractivity contribution in [2.75, 3.05) is 25.6 Å². The molecule has 0 saturated carbocycles. The van der Waals surface area contributed by atoms with Gasteiger partial charge < -0.3 is 14.8 Å². The number of hydrogen-bond donors (Lipinski definition) is 2. The normalized spacial score (nSPS) is 11.3. The topological polar surface area (TPSA) is 126 Å². The highest BCUT2D eigenvalue weighted by Gasteiger charge is 2.27. The second-order valence-corrected chi connectivity index (χ2v) is 11.4. The Morgan fingerprint density at radius 2 is 1.49 bits per heavy atom. The number of nitrogens with one attached hydrogen (secondary N) is 2. The van der Waals surface area contributed by atoms with Gasteiger partial charge in [0, 0.05) is 12.2 Å². The molecule has 4 aromatic rings. The molecule has 11 heteroatoms. The van der Waals surface area contributed by atoms with Crippen LogP contribution in [0, 0.1) is 6.92 Å². The molecule has 4 aromatic carbocycles. The van der Waals surface area contributed by atoms with E-state index in [0.29, 0.717) is 22.7 Å². The molecule has 2 amide bonds. The third kappa shape index (κ3) is 9.25. The summed E-state index contributed by atoms with van der Waals surface area (Å²) in [4.78, 5) is 25.0. The molecule has 0 fully saturated rings. The Kier molecular flexibility index (Phi) is 10.6. The van der Waals surface area contributed by atoms with Crippen LogP contribution in [0.4, 0.5) is 5.69 Å². The number of ether oxygens (including phenoxy) is 2. The number of carbonyl (C=O) groups is 2. The minimum atomic E-state index is -3.95. The lowest BCUT2D eigenvalue weighted by Gasteiger charge is -2.21. The second-order valence-electron chi connectivity index (χ2n) is 9.50. The molecule has 0 radical (unpaired) electrons. The zero-order valence-electron chi connectivity index (χ0n) is 23.8. The van der Waals surface area contributed by atoms with E-state index in [2.05, 4.69) is 15.8 Å². The lowest BCUT2D eigenvalue weighted by Crippen LogP contribution is -2.39. The summed E-state index contributed by atoms with van der Waals surface area (Å²) in [6.07, 6.45) is 1.42. The Labute approximate surface area is 251 Å². The molecule has 10 nitrogen and oxygen atoms in total. The predicted octanol–water partition coefficient (Wildman–Crippen LogP) is 4.36. The third-order valence-corrected chi connectivity index (χ3v) is 8.01. The first kappa shape index (κ1) is 30.9. The van der Waals surface area contributed by atoms with Crippen molar-refractivity contribution in [2.24, 2.45) is 5.10 Å². The number of hydrogen-bond acceptors (Lipinski definition) is 7. The number of methoxy groups -OCH3 is 1. The van der Waals surface area contributed by atoms with Crippen LogP contribution in [0.3, 0.4) is 0 Å². The summed E-state index contributed by atoms with van der Waals surface area (Å²) in [5.41, 5.74) is 5.35. The van der Waals surface area contributed by atoms with Crippen molar-refractivity contribution in [1.29, 1.82) is 0 Å². The van der Waals surface area contributed by atoms with Crippen molar-refractivity contribution in [1.82, 2.24) is 9.73 Å². The Balaban J connectivity index is 1.31. The summed E-state index contributed by atoms with van der Waals surface area (Å²) >= 11 is 0. The van der Waals surface area contributed by atoms with Crippen LogP contribution in [0.2, 0.25) is 0 Å². The van der Waals surface area contributed by atoms with Gasteiger partial charge >= 0.3 is 0 Å². The number of amides is 2. The fourth-order valence-electron chi connectivity index (χ4n) is 3.92. The Morgan fingerprint density at radius 1 is 0.837 bits per heavy atom. The van der Waals surface area contributed by atoms with Crippen LogP contribution in [-0.2, 0) is 26.2 Å². The van der Waals surface area contributed by atoms with Crippen LogP contribution in [0.1, 0.15) is 16.7 Å². The minimum absolute atomic E-state index is 0.0216. The van der Waals surface area contributed by atoms with E-state index in [4.69, 9.17) is 9.47 Å². The summed E-state index contributed by atoms with van der Waals surface area (Å²) < 4.78 is 38.5. The van der Waals surface area contributed by atoms with Gasteiger partial charge in [0.05, 0.1) is 24.8 Å². The molecule has 4 rings (SSSR count). The maximum absolute atomic E-state index is 13.4. The smallest absolute Gasteiger partial charge is 0.262 e. The molecule has 0 aliphatic heterocycles. The fourth-order valence-corrected chi connectivity index (χ4v) is 5.30. The van der Waals surface area contributed by atoms with Gasteiger partial charge in [-0.2, -0.15) is 9.41 Å². The van der Waals surface area contributed by atoms with E-state index in [1.807, 2.05) is 25.1 Å². The summed E-state index contributed by atoms with van der Waals surface area (Å²) in [6.45, 7) is 1.29. The molecule has 0 spiro atoms. The third-order valence-electron chi connectivity index (χ3n) is 6.21. The molecular formula is C32H32N4O6S. The number of nitrogens with zero attached hydrogens (tertiary/aromatic N) is 2. The van der Waals surface area contributed by atoms with Crippen molar-refractivity contribution in [2.45, 2.75) is 18.4 Å². The Bertz CT molecular complexity index is 1640. The zero-order valence-corrected chi connectivity index (χ0v) is 24.6. The molecule has 0 aromatic heterocycles. The van der Waals surface area contributed by atoms with Gasteiger partial charge in [0.15, 0.2) is 6.61 Å². The van der Waals surface area contributed by atoms with Crippen LogP contribution >= 0.6 is 0 Å². The second kappa shape index (κ2) is 14.8. The lowest BCUT2D eigenvalue weighted by molar-refractivity contribution is -0.121. The molecular weight excluding hydrogens is 568 g/mol. The van der Waals surface area contributed by atoms with Gasteiger partial charge in [-0.25, -0.2) is 13.8 Å². The number of rotatable bonds is 13. The highest BCUT2D eigenvalue weighted by Crippen LogP contribution is 2.19. The van der Waals surface area contributed by atoms with E-state index < -0.39 is 22.5 Å². The van der Waals surface area contributed by atoms with Crippen LogP contribution in [-0.4, -0.2) is 51.0 Å². The number of aryl methyl sites for hydroxylation is 1. The van der Waals surface area contributed by atoms with Crippen molar-refractivity contribution < 1.29 is 27.5 Å². The van der Waals surface area contributed by atoms with Crippen LogP contribution in [0.15, 0.2) is 113 Å². The van der Waals surface area contributed by atoms with Gasteiger partial charge in [0.2, 0.25) is 10.0 Å². The molecule has 0 aliphatic rings. The fraction of sp³-hybridized carbons (Fsp3) is 0.156. The summed E-state index contributed by atoms with van der Waals surface area (Å²) in [6, 6.07) is 29.2. The van der Waals surface area contributed by atoms with Crippen molar-refractivity contribution in [3.05, 3.63) is 120 Å². The molecule has 0 saturated heterocycles. The first-order chi connectivity index (χ1) is 20.7. The summed E-state index contributed by atoms with van der Waals surface area (Å²) in [7, 11) is -2.38. The molecule has 0 heterocycles. The minimum Gasteiger partial charge on any atom is -0.497 e. The average Bonchev–Trinajstić information content (AvgIpc) is 3.01. The van der Waals surface area contributed by atoms with Crippen molar-refractivity contribution in [3.63, 3.8) is 0 Å². The number of sulfonamides is 1. The van der Waals surface area contributed by atoms with E-state index in [1.54, 1.807) is 79.9 Å². The summed E-state index contributed by atoms with van der Waals surface area (Å²) in [5.74, 6) is 0.257. The maximum atomic E-state index is 13.4. The standard InChI is InChI=1S/C32H32N4O6S/c1-24-8-18-30(19-9-24)43(39,40)36(21-26-6-4-3-5-7-26)22-31(37)35-33-20-25-10-14-29(15-11-25)42-23-32(38)34-27-12-16-28(41-2)17-13-27/h3-20H,21-23H2,1-2H3,(H,34,38)(H,35,37)/b33-20+. The van der Waals surface area contributed by atoms with E-state index in [-0.39, 0.29) is 24.0 Å². The lowest BCUT2D eigenvalue weighted by atomic mass is 10.2. The predicted molar refractivity (Wildman–Crippen MR) is 165 cm³/mol. The largest absolute Gasteiger partial charge is 0.497 e. The summed E-state index contributed by atoms with van der Waals surface area (Å²) in [5, 5.41) is 6.71. The quantitative estimate of drug-likeness (QED) is 0.174. The van der Waals surface area contributed by atoms with E-state index in [0.717, 1.165) is 15.4 Å². The van der Waals surface area contributed by atoms with Crippen LogP contribution in [0.5, 0.6) is 11.5 Å². The van der Waals surface area contributed by atoms with Gasteiger partial charge in [0.25, 0.3) is 11.8 Å². The first-order valence-electron chi connectivity index (χ1n) is 13.3. The maximum Gasteiger partial charge on any atom is 0.262 e. The Hall–Kier alpha value is -5.00. The highest BCUT2D eigenvalue weighted by atomic mass is 32.2. The number of carbonyl (C=O) groups excluding carboxylic acids is 2. The van der Waals surface area contributed by atoms with E-state index >= 15 is 0 Å². The molecule has 222 valence electrons. The highest BCUT2D eigenvalue weighted by molar-refractivity contribution is 7.89. The van der Waals surface area contributed by atoms with Crippen molar-refractivity contribution in [3.8, 4) is 11.5 Å². The number of benzene rings is 4. The first-order valence-corrected chi connectivity index (χ1v) is 14.8. The van der Waals surface area contributed by atoms with Gasteiger partial charge in [-0.1, -0.05) is 48.0 Å². The van der Waals surface area contributed by atoms with Gasteiger partial charge in [-0.3, -0.25) is 9.59 Å². The number of hydrazone groups is 1. The van der Waals surface area contributed by atoms with Gasteiger partial charge in [0.1, 0.15) is 11.5 Å². The van der Waals surface area contributed by atoms with Crippen LogP contribution < -0.4 is 20.2 Å². The molecule has 2 N–H and O–H groups in total. The molecule has 0 bridgehead atoms. The van der Waals surface area contributed by atoms with Gasteiger partial charge in [-0.15, -0.1) is 0 Å². The SMILES string of the molecule is COc1ccc(NC(=O)COc2ccc(/C=N/NC(=O)CN(Cc3ccccc3)S(=O)(=O)c3ccc(C)cc3)cc2)cc1. The van der Waals surface area contributed by atoms with Gasteiger partial charge in [-0.05, 0) is 78.7 Å². The monoisotopic (exact) mass is 600 g/mol. The molecule has 0 atom stereocenters. The van der Waals surface area contributed by atoms with Crippen molar-refractivity contribution >= 4 is 33.7 Å². The molecule has 0 aliphatic carbocycles. The zero-order chi connectivity index (χ0) is 30.7.